The van der Waals surface area contributed by atoms with E-state index in [1.54, 1.807) is 0 Å². The average Bonchev–Trinajstić information content (AvgIpc) is 2.65. The topological polar surface area (TPSA) is 41.8 Å². The first-order valence-electron chi connectivity index (χ1n) is 11.6. The molecule has 0 spiro atoms. The summed E-state index contributed by atoms with van der Waals surface area (Å²) in [5, 5.41) is 9.24. The molecule has 1 aliphatic heterocycles. The van der Waals surface area contributed by atoms with Crippen molar-refractivity contribution < 1.29 is 4.79 Å². The van der Waals surface area contributed by atoms with Gasteiger partial charge in [-0.1, -0.05) is 64.8 Å². The van der Waals surface area contributed by atoms with E-state index in [9.17, 15) is 4.79 Å². The number of carbonyl (C=O) groups is 1. The van der Waals surface area contributed by atoms with Crippen LogP contribution in [0.3, 0.4) is 0 Å². The van der Waals surface area contributed by atoms with Crippen molar-refractivity contribution in [3.05, 3.63) is 35.4 Å². The van der Waals surface area contributed by atoms with E-state index in [0.29, 0.717) is 24.0 Å². The molecule has 0 saturated heterocycles. The van der Waals surface area contributed by atoms with Gasteiger partial charge in [-0.05, 0) is 55.6 Å². The lowest BCUT2D eigenvalue weighted by Crippen LogP contribution is -2.34. The van der Waals surface area contributed by atoms with E-state index < -0.39 is 0 Å². The van der Waals surface area contributed by atoms with Gasteiger partial charge in [0.1, 0.15) is 5.78 Å². The smallest absolute Gasteiger partial charge is 0.139 e. The van der Waals surface area contributed by atoms with E-state index in [2.05, 4.69) is 55.2 Å². The maximum atomic E-state index is 12.1. The van der Waals surface area contributed by atoms with Crippen LogP contribution in [0.25, 0.3) is 0 Å². The Kier molecular flexibility index (Phi) is 7.43. The third-order valence-electron chi connectivity index (χ3n) is 6.78. The number of rotatable bonds is 6. The molecule has 0 bridgehead atoms. The predicted octanol–water partition coefficient (Wildman–Crippen LogP) is 6.49. The third-order valence-corrected chi connectivity index (χ3v) is 6.78. The van der Waals surface area contributed by atoms with Crippen LogP contribution in [-0.2, 0) is 11.2 Å². The monoisotopic (exact) mass is 394 g/mol. The van der Waals surface area contributed by atoms with Crippen molar-refractivity contribution in [2.24, 2.45) is 39.8 Å². The molecule has 158 valence electrons. The zero-order valence-corrected chi connectivity index (χ0v) is 18.9. The molecule has 3 unspecified atom stereocenters. The summed E-state index contributed by atoms with van der Waals surface area (Å²) in [6, 6.07) is 8.50. The van der Waals surface area contributed by atoms with Gasteiger partial charge in [-0.15, -0.1) is 0 Å². The van der Waals surface area contributed by atoms with E-state index in [0.717, 1.165) is 23.1 Å². The van der Waals surface area contributed by atoms with Crippen LogP contribution in [0.4, 0.5) is 0 Å². The summed E-state index contributed by atoms with van der Waals surface area (Å²) in [7, 11) is 0. The highest BCUT2D eigenvalue weighted by atomic mass is 16.1. The number of carbonyl (C=O) groups excluding carboxylic acids is 1. The Morgan fingerprint density at radius 3 is 2.34 bits per heavy atom. The largest absolute Gasteiger partial charge is 0.299 e. The Hall–Kier alpha value is -1.77. The number of hydrogen-bond acceptors (Lipinski definition) is 3. The molecule has 3 atom stereocenters. The molecule has 1 aromatic carbocycles. The summed E-state index contributed by atoms with van der Waals surface area (Å²) in [5.74, 6) is 3.02. The molecule has 1 aliphatic carbocycles. The maximum Gasteiger partial charge on any atom is 0.139 e. The summed E-state index contributed by atoms with van der Waals surface area (Å²) >= 11 is 0. The van der Waals surface area contributed by atoms with Gasteiger partial charge >= 0.3 is 0 Å². The second-order valence-corrected chi connectivity index (χ2v) is 9.94. The maximum absolute atomic E-state index is 12.1. The molecule has 29 heavy (non-hydrogen) atoms. The zero-order valence-electron chi connectivity index (χ0n) is 18.9. The number of Topliss-reactive ketones (excluding diaryl/α,β-unsaturated/α-hetero) is 1. The lowest BCUT2D eigenvalue weighted by atomic mass is 9.72. The fourth-order valence-electron chi connectivity index (χ4n) is 5.07. The van der Waals surface area contributed by atoms with Crippen molar-refractivity contribution >= 4 is 17.2 Å². The number of nitrogens with zero attached hydrogens (tertiary/aromatic N) is 2. The van der Waals surface area contributed by atoms with Crippen LogP contribution in [0.2, 0.25) is 0 Å². The average molecular weight is 395 g/mol. The Labute approximate surface area is 177 Å². The van der Waals surface area contributed by atoms with Crippen molar-refractivity contribution in [3.63, 3.8) is 0 Å². The van der Waals surface area contributed by atoms with Gasteiger partial charge in [-0.25, -0.2) is 0 Å². The fraction of sp³-hybridized carbons (Fsp3) is 0.654. The van der Waals surface area contributed by atoms with E-state index in [-0.39, 0.29) is 5.92 Å². The summed E-state index contributed by atoms with van der Waals surface area (Å²) < 4.78 is 0. The SMILES string of the molecule is CC1=NN=C(c2ccc(CC(=O)C(C)C)cc2)C2CCC(CC(C)C)CCCC12. The van der Waals surface area contributed by atoms with Crippen LogP contribution in [0, 0.1) is 29.6 Å². The van der Waals surface area contributed by atoms with Crippen molar-refractivity contribution in [1.29, 1.82) is 0 Å². The molecule has 1 fully saturated rings. The van der Waals surface area contributed by atoms with E-state index >= 15 is 0 Å². The number of benzene rings is 1. The van der Waals surface area contributed by atoms with Crippen LogP contribution in [0.15, 0.2) is 34.5 Å². The number of fused-ring (bicyclic) bond motifs is 1. The molecule has 1 saturated carbocycles. The number of ketones is 1. The molecule has 3 heteroatoms. The normalized spacial score (nSPS) is 25.1. The number of hydrogen-bond donors (Lipinski definition) is 0. The van der Waals surface area contributed by atoms with Gasteiger partial charge in [-0.3, -0.25) is 4.79 Å². The fourth-order valence-corrected chi connectivity index (χ4v) is 5.07. The Morgan fingerprint density at radius 1 is 0.966 bits per heavy atom. The van der Waals surface area contributed by atoms with Gasteiger partial charge in [0.05, 0.1) is 5.71 Å². The molecule has 1 heterocycles. The first-order valence-corrected chi connectivity index (χ1v) is 11.6. The predicted molar refractivity (Wildman–Crippen MR) is 123 cm³/mol. The molecule has 0 amide bonds. The van der Waals surface area contributed by atoms with Crippen LogP contribution in [-0.4, -0.2) is 17.2 Å². The first-order chi connectivity index (χ1) is 13.8. The van der Waals surface area contributed by atoms with Crippen LogP contribution < -0.4 is 0 Å². The van der Waals surface area contributed by atoms with Gasteiger partial charge in [0.2, 0.25) is 0 Å². The molecular weight excluding hydrogens is 356 g/mol. The third kappa shape index (κ3) is 5.65. The van der Waals surface area contributed by atoms with E-state index in [1.807, 2.05) is 13.8 Å². The molecule has 3 rings (SSSR count). The van der Waals surface area contributed by atoms with Gasteiger partial charge in [0.25, 0.3) is 0 Å². The van der Waals surface area contributed by atoms with Crippen LogP contribution in [0.1, 0.15) is 84.3 Å². The van der Waals surface area contributed by atoms with Crippen molar-refractivity contribution in [2.45, 2.75) is 79.6 Å². The minimum atomic E-state index is 0.0872. The quantitative estimate of drug-likeness (QED) is 0.543. The lowest BCUT2D eigenvalue weighted by Gasteiger charge is -2.34. The summed E-state index contributed by atoms with van der Waals surface area (Å²) in [6.45, 7) is 10.8. The zero-order chi connectivity index (χ0) is 21.0. The molecule has 1 aromatic rings. The molecule has 3 nitrogen and oxygen atoms in total. The minimum absolute atomic E-state index is 0.0872. The summed E-state index contributed by atoms with van der Waals surface area (Å²) in [4.78, 5) is 12.1. The second kappa shape index (κ2) is 9.82. The van der Waals surface area contributed by atoms with Gasteiger partial charge < -0.3 is 0 Å². The molecule has 0 aromatic heterocycles. The Balaban J connectivity index is 1.77. The Morgan fingerprint density at radius 2 is 1.69 bits per heavy atom. The van der Waals surface area contributed by atoms with Crippen molar-refractivity contribution in [1.82, 2.24) is 0 Å². The summed E-state index contributed by atoms with van der Waals surface area (Å²) in [6.07, 6.45) is 8.26. The molecule has 0 N–H and O–H groups in total. The van der Waals surface area contributed by atoms with Gasteiger partial charge in [0, 0.05) is 29.9 Å². The van der Waals surface area contributed by atoms with E-state index in [1.165, 1.54) is 49.8 Å². The molecular formula is C26H38N2O. The molecule has 2 aliphatic rings. The van der Waals surface area contributed by atoms with Gasteiger partial charge in [-0.2, -0.15) is 10.2 Å². The summed E-state index contributed by atoms with van der Waals surface area (Å²) in [5.41, 5.74) is 4.64. The minimum Gasteiger partial charge on any atom is -0.299 e. The van der Waals surface area contributed by atoms with Gasteiger partial charge in [0.15, 0.2) is 0 Å². The van der Waals surface area contributed by atoms with Crippen molar-refractivity contribution in [3.8, 4) is 0 Å². The highest BCUT2D eigenvalue weighted by Gasteiger charge is 2.34. The highest BCUT2D eigenvalue weighted by Crippen LogP contribution is 2.37. The molecule has 0 radical (unpaired) electrons. The lowest BCUT2D eigenvalue weighted by molar-refractivity contribution is -0.121. The van der Waals surface area contributed by atoms with Crippen molar-refractivity contribution in [2.75, 3.05) is 0 Å². The highest BCUT2D eigenvalue weighted by molar-refractivity contribution is 6.06. The van der Waals surface area contributed by atoms with E-state index in [4.69, 9.17) is 0 Å². The second-order valence-electron chi connectivity index (χ2n) is 9.94. The van der Waals surface area contributed by atoms with Crippen LogP contribution >= 0.6 is 0 Å². The van der Waals surface area contributed by atoms with Crippen LogP contribution in [0.5, 0.6) is 0 Å². The Bertz CT molecular complexity index is 757. The standard InChI is InChI=1S/C26H38N2O/c1-17(2)15-20-7-6-8-23-19(5)27-28-26(24(23)14-11-20)22-12-9-21(10-13-22)16-25(29)18(3)4/h9-10,12-13,17-18,20,23-24H,6-8,11,14-16H2,1-5H3. The first kappa shape index (κ1) is 21.9.